The second kappa shape index (κ2) is 6.58. The molecule has 0 spiro atoms. The molecule has 0 fully saturated rings. The molecule has 102 valence electrons. The summed E-state index contributed by atoms with van der Waals surface area (Å²) in [4.78, 5) is 2.36. The van der Waals surface area contributed by atoms with Gasteiger partial charge in [-0.1, -0.05) is 50.1 Å². The van der Waals surface area contributed by atoms with Gasteiger partial charge in [0.2, 0.25) is 0 Å². The van der Waals surface area contributed by atoms with E-state index in [0.29, 0.717) is 6.54 Å². The van der Waals surface area contributed by atoms with Crippen LogP contribution in [0.3, 0.4) is 0 Å². The highest BCUT2D eigenvalue weighted by molar-refractivity contribution is 5.96. The van der Waals surface area contributed by atoms with Crippen LogP contribution in [0, 0.1) is 0 Å². The molecule has 0 aliphatic rings. The van der Waals surface area contributed by atoms with Crippen molar-refractivity contribution in [2.24, 2.45) is 5.73 Å². The first-order valence-corrected chi connectivity index (χ1v) is 7.19. The first-order valence-electron chi connectivity index (χ1n) is 7.19. The molecule has 0 unspecified atom stereocenters. The zero-order chi connectivity index (χ0) is 13.7. The van der Waals surface area contributed by atoms with Crippen LogP contribution in [0.2, 0.25) is 0 Å². The predicted molar refractivity (Wildman–Crippen MR) is 84.6 cm³/mol. The summed E-state index contributed by atoms with van der Waals surface area (Å²) >= 11 is 0. The van der Waals surface area contributed by atoms with Crippen LogP contribution in [0.1, 0.15) is 31.7 Å². The largest absolute Gasteiger partial charge is 0.374 e. The number of nitrogens with two attached hydrogens (primary N) is 1. The van der Waals surface area contributed by atoms with Gasteiger partial charge in [0.05, 0.1) is 0 Å². The molecule has 2 rings (SSSR count). The summed E-state index contributed by atoms with van der Waals surface area (Å²) in [6.45, 7) is 3.95. The van der Waals surface area contributed by atoms with Gasteiger partial charge in [-0.3, -0.25) is 0 Å². The van der Waals surface area contributed by atoms with E-state index in [1.807, 2.05) is 0 Å². The van der Waals surface area contributed by atoms with Gasteiger partial charge < -0.3 is 10.6 Å². The highest BCUT2D eigenvalue weighted by Gasteiger charge is 2.08. The first kappa shape index (κ1) is 13.9. The Labute approximate surface area is 116 Å². The molecular weight excluding hydrogens is 232 g/mol. The van der Waals surface area contributed by atoms with Crippen LogP contribution in [-0.4, -0.2) is 13.6 Å². The van der Waals surface area contributed by atoms with Crippen LogP contribution in [0.4, 0.5) is 5.69 Å². The fraction of sp³-hybridized carbons (Fsp3) is 0.412. The lowest BCUT2D eigenvalue weighted by Crippen LogP contribution is -2.18. The van der Waals surface area contributed by atoms with Crippen LogP contribution < -0.4 is 10.6 Å². The van der Waals surface area contributed by atoms with Crippen LogP contribution in [0.15, 0.2) is 36.4 Å². The average molecular weight is 256 g/mol. The molecule has 0 saturated carbocycles. The second-order valence-electron chi connectivity index (χ2n) is 5.12. The minimum absolute atomic E-state index is 0.598. The molecule has 0 aliphatic heterocycles. The van der Waals surface area contributed by atoms with Gasteiger partial charge in [-0.2, -0.15) is 0 Å². The van der Waals surface area contributed by atoms with Crippen molar-refractivity contribution in [1.29, 1.82) is 0 Å². The molecule has 0 aromatic heterocycles. The highest BCUT2D eigenvalue weighted by Crippen LogP contribution is 2.29. The summed E-state index contributed by atoms with van der Waals surface area (Å²) in [6.07, 6.45) is 3.81. The molecule has 0 amide bonds. The van der Waals surface area contributed by atoms with Gasteiger partial charge in [-0.25, -0.2) is 0 Å². The van der Waals surface area contributed by atoms with Crippen molar-refractivity contribution >= 4 is 16.5 Å². The molecule has 19 heavy (non-hydrogen) atoms. The molecule has 0 saturated heterocycles. The van der Waals surface area contributed by atoms with Crippen molar-refractivity contribution in [3.05, 3.63) is 42.0 Å². The Morgan fingerprint density at radius 1 is 1.00 bits per heavy atom. The van der Waals surface area contributed by atoms with E-state index in [2.05, 4.69) is 55.3 Å². The monoisotopic (exact) mass is 256 g/mol. The zero-order valence-corrected chi connectivity index (χ0v) is 12.0. The Bertz CT molecular complexity index is 534. The van der Waals surface area contributed by atoms with E-state index in [1.54, 1.807) is 0 Å². The summed E-state index contributed by atoms with van der Waals surface area (Å²) in [6, 6.07) is 12.9. The zero-order valence-electron chi connectivity index (χ0n) is 12.0. The number of nitrogens with zero attached hydrogens (tertiary/aromatic N) is 1. The number of benzene rings is 2. The van der Waals surface area contributed by atoms with Crippen molar-refractivity contribution < 1.29 is 0 Å². The van der Waals surface area contributed by atoms with E-state index in [9.17, 15) is 0 Å². The summed E-state index contributed by atoms with van der Waals surface area (Å²) in [7, 11) is 2.18. The molecular formula is C17H24N2. The summed E-state index contributed by atoms with van der Waals surface area (Å²) in [5, 5.41) is 2.59. The topological polar surface area (TPSA) is 29.3 Å². The van der Waals surface area contributed by atoms with Gasteiger partial charge in [0.15, 0.2) is 0 Å². The molecule has 2 N–H and O–H groups in total. The van der Waals surface area contributed by atoms with E-state index in [1.165, 1.54) is 41.3 Å². The van der Waals surface area contributed by atoms with E-state index in [4.69, 9.17) is 5.73 Å². The van der Waals surface area contributed by atoms with Crippen molar-refractivity contribution in [3.8, 4) is 0 Å². The second-order valence-corrected chi connectivity index (χ2v) is 5.12. The van der Waals surface area contributed by atoms with Crippen LogP contribution >= 0.6 is 0 Å². The van der Waals surface area contributed by atoms with Crippen LogP contribution in [0.5, 0.6) is 0 Å². The molecule has 2 aromatic rings. The van der Waals surface area contributed by atoms with Crippen molar-refractivity contribution in [3.63, 3.8) is 0 Å². The Hall–Kier alpha value is -1.54. The third-order valence-corrected chi connectivity index (χ3v) is 3.72. The third kappa shape index (κ3) is 3.07. The van der Waals surface area contributed by atoms with Gasteiger partial charge in [-0.15, -0.1) is 0 Å². The number of anilines is 1. The maximum absolute atomic E-state index is 5.83. The Morgan fingerprint density at radius 3 is 2.42 bits per heavy atom. The Morgan fingerprint density at radius 2 is 1.74 bits per heavy atom. The van der Waals surface area contributed by atoms with Gasteiger partial charge in [0.25, 0.3) is 0 Å². The van der Waals surface area contributed by atoms with Gasteiger partial charge in [0.1, 0.15) is 0 Å². The molecule has 2 aromatic carbocycles. The van der Waals surface area contributed by atoms with E-state index in [0.717, 1.165) is 6.54 Å². The number of hydrogen-bond acceptors (Lipinski definition) is 2. The lowest BCUT2D eigenvalue weighted by Gasteiger charge is -2.22. The van der Waals surface area contributed by atoms with Crippen LogP contribution in [-0.2, 0) is 6.54 Å². The number of unbranched alkanes of at least 4 members (excludes halogenated alkanes) is 2. The number of hydrogen-bond donors (Lipinski definition) is 1. The minimum atomic E-state index is 0.598. The summed E-state index contributed by atoms with van der Waals surface area (Å²) < 4.78 is 0. The number of rotatable bonds is 6. The van der Waals surface area contributed by atoms with Crippen molar-refractivity contribution in [1.82, 2.24) is 0 Å². The summed E-state index contributed by atoms with van der Waals surface area (Å²) in [5.41, 5.74) is 8.36. The predicted octanol–water partition coefficient (Wildman–Crippen LogP) is 3.92. The molecule has 2 heteroatoms. The molecule has 2 nitrogen and oxygen atoms in total. The lowest BCUT2D eigenvalue weighted by atomic mass is 10.0. The minimum Gasteiger partial charge on any atom is -0.374 e. The molecule has 0 aliphatic carbocycles. The number of fused-ring (bicyclic) bond motifs is 1. The van der Waals surface area contributed by atoms with Gasteiger partial charge in [-0.05, 0) is 23.4 Å². The van der Waals surface area contributed by atoms with E-state index >= 15 is 0 Å². The standard InChI is InChI=1S/C17H24N2/c1-3-4-7-12-19(2)17-11-10-14(13-18)15-8-5-6-9-16(15)17/h5-6,8-11H,3-4,7,12-13,18H2,1-2H3. The fourth-order valence-electron chi connectivity index (χ4n) is 2.58. The average Bonchev–Trinajstić information content (AvgIpc) is 2.46. The Balaban J connectivity index is 2.33. The third-order valence-electron chi connectivity index (χ3n) is 3.72. The maximum atomic E-state index is 5.83. The van der Waals surface area contributed by atoms with Crippen molar-refractivity contribution in [2.75, 3.05) is 18.5 Å². The normalized spacial score (nSPS) is 10.9. The summed E-state index contributed by atoms with van der Waals surface area (Å²) in [5.74, 6) is 0. The Kier molecular flexibility index (Phi) is 4.80. The molecule has 0 heterocycles. The first-order chi connectivity index (χ1) is 9.27. The fourth-order valence-corrected chi connectivity index (χ4v) is 2.58. The van der Waals surface area contributed by atoms with E-state index < -0.39 is 0 Å². The maximum Gasteiger partial charge on any atom is 0.0443 e. The van der Waals surface area contributed by atoms with E-state index in [-0.39, 0.29) is 0 Å². The van der Waals surface area contributed by atoms with Crippen LogP contribution in [0.25, 0.3) is 10.8 Å². The molecule has 0 bridgehead atoms. The van der Waals surface area contributed by atoms with Crippen molar-refractivity contribution in [2.45, 2.75) is 32.7 Å². The lowest BCUT2D eigenvalue weighted by molar-refractivity contribution is 0.706. The molecule has 0 atom stereocenters. The molecule has 0 radical (unpaired) electrons. The van der Waals surface area contributed by atoms with Gasteiger partial charge >= 0.3 is 0 Å². The van der Waals surface area contributed by atoms with Gasteiger partial charge in [0, 0.05) is 31.2 Å². The quantitative estimate of drug-likeness (QED) is 0.794. The highest BCUT2D eigenvalue weighted by atomic mass is 15.1. The smallest absolute Gasteiger partial charge is 0.0443 e. The SMILES string of the molecule is CCCCCN(C)c1ccc(CN)c2ccccc12.